The second-order valence-electron chi connectivity index (χ2n) is 4.07. The first kappa shape index (κ1) is 16.9. The van der Waals surface area contributed by atoms with Gasteiger partial charge in [0.1, 0.15) is 4.90 Å². The number of anilines is 1. The van der Waals surface area contributed by atoms with Gasteiger partial charge in [0.2, 0.25) is 15.9 Å². The van der Waals surface area contributed by atoms with Crippen molar-refractivity contribution in [3.63, 3.8) is 0 Å². The lowest BCUT2D eigenvalue weighted by molar-refractivity contribution is -0.129. The summed E-state index contributed by atoms with van der Waals surface area (Å²) in [7, 11) is -3.81. The highest BCUT2D eigenvalue weighted by molar-refractivity contribution is 9.10. The quantitative estimate of drug-likeness (QED) is 0.742. The number of nitrogens with zero attached hydrogens (tertiary/aromatic N) is 1. The molecule has 0 atom stereocenters. The largest absolute Gasteiger partial charge is 0.398 e. The van der Waals surface area contributed by atoms with Gasteiger partial charge in [0.05, 0.1) is 12.2 Å². The number of nitrogens with two attached hydrogens (primary N) is 1. The third-order valence-corrected chi connectivity index (χ3v) is 4.74. The average molecular weight is 364 g/mol. The van der Waals surface area contributed by atoms with Crippen molar-refractivity contribution in [3.8, 4) is 0 Å². The first-order valence-corrected chi connectivity index (χ1v) is 8.41. The molecule has 0 aromatic heterocycles. The molecular weight excluding hydrogens is 346 g/mol. The van der Waals surface area contributed by atoms with E-state index in [0.29, 0.717) is 17.6 Å². The topological polar surface area (TPSA) is 92.5 Å². The number of carbonyl (C=O) groups excluding carboxylic acids is 1. The molecule has 1 amide bonds. The number of sulfonamides is 1. The second kappa shape index (κ2) is 7.05. The Hall–Kier alpha value is -1.12. The van der Waals surface area contributed by atoms with Gasteiger partial charge in [-0.1, -0.05) is 15.9 Å². The van der Waals surface area contributed by atoms with E-state index in [-0.39, 0.29) is 23.0 Å². The van der Waals surface area contributed by atoms with E-state index in [0.717, 1.165) is 0 Å². The molecular formula is C12H18BrN3O3S. The predicted molar refractivity (Wildman–Crippen MR) is 81.7 cm³/mol. The summed E-state index contributed by atoms with van der Waals surface area (Å²) in [6.07, 6.45) is 0. The number of rotatable bonds is 6. The van der Waals surface area contributed by atoms with E-state index in [1.54, 1.807) is 11.0 Å². The minimum atomic E-state index is -3.81. The maximum absolute atomic E-state index is 12.1. The molecule has 0 radical (unpaired) electrons. The van der Waals surface area contributed by atoms with Crippen molar-refractivity contribution in [1.82, 2.24) is 9.62 Å². The molecule has 20 heavy (non-hydrogen) atoms. The van der Waals surface area contributed by atoms with Gasteiger partial charge < -0.3 is 10.6 Å². The fourth-order valence-corrected chi connectivity index (χ4v) is 3.31. The lowest BCUT2D eigenvalue weighted by Gasteiger charge is -2.19. The van der Waals surface area contributed by atoms with Crippen LogP contribution in [0.15, 0.2) is 27.6 Å². The first-order valence-electron chi connectivity index (χ1n) is 6.14. The van der Waals surface area contributed by atoms with Crippen LogP contribution < -0.4 is 10.5 Å². The summed E-state index contributed by atoms with van der Waals surface area (Å²) in [6.45, 7) is 4.46. The van der Waals surface area contributed by atoms with Gasteiger partial charge in [0.25, 0.3) is 0 Å². The Balaban J connectivity index is 2.86. The van der Waals surface area contributed by atoms with Crippen molar-refractivity contribution in [1.29, 1.82) is 0 Å². The highest BCUT2D eigenvalue weighted by Gasteiger charge is 2.20. The van der Waals surface area contributed by atoms with Gasteiger partial charge in [-0.3, -0.25) is 4.79 Å². The molecule has 6 nitrogen and oxygen atoms in total. The molecule has 0 saturated carbocycles. The fraction of sp³-hybridized carbons (Fsp3) is 0.417. The van der Waals surface area contributed by atoms with Crippen LogP contribution in [0.1, 0.15) is 13.8 Å². The maximum atomic E-state index is 12.1. The number of nitrogen functional groups attached to an aromatic ring is 1. The average Bonchev–Trinajstić information content (AvgIpc) is 2.40. The standard InChI is InChI=1S/C12H18BrN3O3S/c1-3-16(4-2)12(17)8-15-20(18,19)11-7-9(13)5-6-10(11)14/h5-7,15H,3-4,8,14H2,1-2H3. The zero-order chi connectivity index (χ0) is 15.3. The Morgan fingerprint density at radius 1 is 1.35 bits per heavy atom. The molecule has 1 aromatic rings. The van der Waals surface area contributed by atoms with Crippen molar-refractivity contribution in [2.24, 2.45) is 0 Å². The molecule has 0 saturated heterocycles. The minimum absolute atomic E-state index is 0.0424. The summed E-state index contributed by atoms with van der Waals surface area (Å²) < 4.78 is 27.1. The number of nitrogens with one attached hydrogen (secondary N) is 1. The predicted octanol–water partition coefficient (Wildman–Crippen LogP) is 1.18. The van der Waals surface area contributed by atoms with Gasteiger partial charge in [-0.25, -0.2) is 13.1 Å². The Morgan fingerprint density at radius 2 is 1.95 bits per heavy atom. The molecule has 0 aliphatic carbocycles. The van der Waals surface area contributed by atoms with Gasteiger partial charge in [0.15, 0.2) is 0 Å². The van der Waals surface area contributed by atoms with E-state index < -0.39 is 10.0 Å². The molecule has 0 spiro atoms. The van der Waals surface area contributed by atoms with Crippen molar-refractivity contribution in [2.45, 2.75) is 18.7 Å². The number of halogens is 1. The normalized spacial score (nSPS) is 11.3. The molecule has 0 unspecified atom stereocenters. The Bertz CT molecular complexity index is 586. The van der Waals surface area contributed by atoms with Gasteiger partial charge in [-0.15, -0.1) is 0 Å². The Morgan fingerprint density at radius 3 is 2.50 bits per heavy atom. The van der Waals surface area contributed by atoms with Gasteiger partial charge >= 0.3 is 0 Å². The Labute approximate surface area is 127 Å². The van der Waals surface area contributed by atoms with E-state index in [2.05, 4.69) is 20.7 Å². The van der Waals surface area contributed by atoms with Crippen molar-refractivity contribution < 1.29 is 13.2 Å². The Kier molecular flexibility index (Phi) is 5.97. The number of hydrogen-bond acceptors (Lipinski definition) is 4. The van der Waals surface area contributed by atoms with Gasteiger partial charge in [-0.05, 0) is 32.0 Å². The monoisotopic (exact) mass is 363 g/mol. The maximum Gasteiger partial charge on any atom is 0.243 e. The van der Waals surface area contributed by atoms with Crippen LogP contribution in [-0.2, 0) is 14.8 Å². The third kappa shape index (κ3) is 4.19. The van der Waals surface area contributed by atoms with E-state index in [9.17, 15) is 13.2 Å². The van der Waals surface area contributed by atoms with E-state index in [1.807, 2.05) is 13.8 Å². The lowest BCUT2D eigenvalue weighted by Crippen LogP contribution is -2.40. The van der Waals surface area contributed by atoms with Crippen LogP contribution in [0.2, 0.25) is 0 Å². The number of likely N-dealkylation sites (N-methyl/N-ethyl adjacent to an activating group) is 1. The van der Waals surface area contributed by atoms with Crippen molar-refractivity contribution in [2.75, 3.05) is 25.4 Å². The molecule has 0 aliphatic rings. The van der Waals surface area contributed by atoms with Crippen LogP contribution in [0.3, 0.4) is 0 Å². The zero-order valence-electron chi connectivity index (χ0n) is 11.4. The molecule has 8 heteroatoms. The summed E-state index contributed by atoms with van der Waals surface area (Å²) in [5.41, 5.74) is 5.79. The van der Waals surface area contributed by atoms with Crippen molar-refractivity contribution in [3.05, 3.63) is 22.7 Å². The molecule has 112 valence electrons. The summed E-state index contributed by atoms with van der Waals surface area (Å²) in [6, 6.07) is 4.54. The van der Waals surface area contributed by atoms with E-state index in [4.69, 9.17) is 5.73 Å². The van der Waals surface area contributed by atoms with Crippen LogP contribution in [-0.4, -0.2) is 38.9 Å². The smallest absolute Gasteiger partial charge is 0.243 e. The molecule has 0 bridgehead atoms. The highest BCUT2D eigenvalue weighted by atomic mass is 79.9. The number of benzene rings is 1. The molecule has 0 heterocycles. The zero-order valence-corrected chi connectivity index (χ0v) is 13.8. The number of hydrogen-bond donors (Lipinski definition) is 2. The number of carbonyl (C=O) groups is 1. The molecule has 3 N–H and O–H groups in total. The van der Waals surface area contributed by atoms with Gasteiger partial charge in [-0.2, -0.15) is 0 Å². The fourth-order valence-electron chi connectivity index (χ4n) is 1.66. The summed E-state index contributed by atoms with van der Waals surface area (Å²) in [5, 5.41) is 0. The molecule has 0 fully saturated rings. The molecule has 0 aliphatic heterocycles. The summed E-state index contributed by atoms with van der Waals surface area (Å²) >= 11 is 3.19. The van der Waals surface area contributed by atoms with Crippen LogP contribution in [0.4, 0.5) is 5.69 Å². The highest BCUT2D eigenvalue weighted by Crippen LogP contribution is 2.22. The molecule has 1 aromatic carbocycles. The summed E-state index contributed by atoms with van der Waals surface area (Å²) in [5.74, 6) is -0.271. The van der Waals surface area contributed by atoms with Crippen LogP contribution in [0.25, 0.3) is 0 Å². The lowest BCUT2D eigenvalue weighted by atomic mass is 10.3. The number of amides is 1. The molecule has 1 rings (SSSR count). The third-order valence-electron chi connectivity index (χ3n) is 2.79. The summed E-state index contributed by atoms with van der Waals surface area (Å²) in [4.78, 5) is 13.3. The van der Waals surface area contributed by atoms with Crippen molar-refractivity contribution >= 4 is 37.5 Å². The minimum Gasteiger partial charge on any atom is -0.398 e. The first-order chi connectivity index (χ1) is 9.31. The van der Waals surface area contributed by atoms with Crippen LogP contribution >= 0.6 is 15.9 Å². The second-order valence-corrected chi connectivity index (χ2v) is 6.72. The van der Waals surface area contributed by atoms with Crippen LogP contribution in [0.5, 0.6) is 0 Å². The van der Waals surface area contributed by atoms with Gasteiger partial charge in [0, 0.05) is 17.6 Å². The van der Waals surface area contributed by atoms with E-state index in [1.165, 1.54) is 12.1 Å². The van der Waals surface area contributed by atoms with E-state index >= 15 is 0 Å². The van der Waals surface area contributed by atoms with Crippen LogP contribution in [0, 0.1) is 0 Å². The SMILES string of the molecule is CCN(CC)C(=O)CNS(=O)(=O)c1cc(Br)ccc1N.